The predicted octanol–water partition coefficient (Wildman–Crippen LogP) is 1.84. The fourth-order valence-electron chi connectivity index (χ4n) is 2.07. The van der Waals surface area contributed by atoms with E-state index in [4.69, 9.17) is 15.2 Å². The number of ether oxygens (including phenoxy) is 2. The fraction of sp³-hybridized carbons (Fsp3) is 0.125. The number of carbonyl (C=O) groups is 2. The Bertz CT molecular complexity index is 804. The van der Waals surface area contributed by atoms with Crippen LogP contribution in [0.5, 0.6) is 11.5 Å². The van der Waals surface area contributed by atoms with Gasteiger partial charge in [0.05, 0.1) is 12.0 Å². The number of amides is 3. The van der Waals surface area contributed by atoms with Gasteiger partial charge in [-0.3, -0.25) is 20.2 Å². The minimum Gasteiger partial charge on any atom is -0.497 e. The average molecular weight is 345 g/mol. The van der Waals surface area contributed by atoms with Crippen LogP contribution in [-0.2, 0) is 4.79 Å². The van der Waals surface area contributed by atoms with Gasteiger partial charge in [-0.1, -0.05) is 12.1 Å². The number of nitrogens with one attached hydrogen (secondary N) is 1. The molecule has 2 rings (SSSR count). The van der Waals surface area contributed by atoms with Gasteiger partial charge in [0.2, 0.25) is 0 Å². The molecule has 3 amide bonds. The molecule has 9 heteroatoms. The van der Waals surface area contributed by atoms with Crippen LogP contribution in [-0.4, -0.2) is 30.6 Å². The van der Waals surface area contributed by atoms with E-state index in [9.17, 15) is 19.7 Å². The lowest BCUT2D eigenvalue weighted by Crippen LogP contribution is -2.38. The number of benzene rings is 2. The van der Waals surface area contributed by atoms with Crippen LogP contribution in [0.2, 0.25) is 0 Å². The number of nitrogens with two attached hydrogens (primary N) is 1. The van der Waals surface area contributed by atoms with Crippen molar-refractivity contribution in [2.45, 2.75) is 0 Å². The molecular formula is C16H15N3O6. The van der Waals surface area contributed by atoms with Gasteiger partial charge in [-0.15, -0.1) is 0 Å². The molecule has 0 atom stereocenters. The van der Waals surface area contributed by atoms with E-state index in [-0.39, 0.29) is 11.4 Å². The Hall–Kier alpha value is -3.62. The van der Waals surface area contributed by atoms with Gasteiger partial charge in [0.15, 0.2) is 6.61 Å². The fourth-order valence-corrected chi connectivity index (χ4v) is 2.07. The number of carbonyl (C=O) groups excluding carboxylic acids is 2. The van der Waals surface area contributed by atoms with Crippen LogP contribution >= 0.6 is 0 Å². The highest BCUT2D eigenvalue weighted by molar-refractivity contribution is 5.94. The van der Waals surface area contributed by atoms with Crippen LogP contribution in [0.4, 0.5) is 10.5 Å². The molecule has 0 radical (unpaired) electrons. The monoisotopic (exact) mass is 345 g/mol. The molecule has 0 aliphatic rings. The van der Waals surface area contributed by atoms with Crippen molar-refractivity contribution in [3.8, 4) is 22.6 Å². The van der Waals surface area contributed by atoms with E-state index in [1.165, 1.54) is 25.3 Å². The van der Waals surface area contributed by atoms with Gasteiger partial charge >= 0.3 is 6.03 Å². The summed E-state index contributed by atoms with van der Waals surface area (Å²) in [5, 5.41) is 12.9. The summed E-state index contributed by atoms with van der Waals surface area (Å²) in [4.78, 5) is 32.6. The second kappa shape index (κ2) is 7.77. The lowest BCUT2D eigenvalue weighted by molar-refractivity contribution is -0.384. The van der Waals surface area contributed by atoms with Crippen molar-refractivity contribution < 1.29 is 24.0 Å². The molecule has 0 saturated heterocycles. The molecule has 0 saturated carbocycles. The Morgan fingerprint density at radius 3 is 2.44 bits per heavy atom. The van der Waals surface area contributed by atoms with Gasteiger partial charge in [0.25, 0.3) is 11.6 Å². The number of rotatable bonds is 6. The SMILES string of the molecule is COc1ccc(-c2cc([N+](=O)[O-])ccc2OCC(=O)NC(N)=O)cc1. The molecule has 2 aromatic rings. The molecule has 0 bridgehead atoms. The van der Waals surface area contributed by atoms with E-state index in [2.05, 4.69) is 0 Å². The van der Waals surface area contributed by atoms with Crippen molar-refractivity contribution in [2.75, 3.05) is 13.7 Å². The minimum absolute atomic E-state index is 0.125. The Morgan fingerprint density at radius 2 is 1.88 bits per heavy atom. The van der Waals surface area contributed by atoms with E-state index in [1.807, 2.05) is 5.32 Å². The van der Waals surface area contributed by atoms with Crippen molar-refractivity contribution in [1.29, 1.82) is 0 Å². The molecule has 0 spiro atoms. The number of urea groups is 1. The maximum absolute atomic E-state index is 11.5. The summed E-state index contributed by atoms with van der Waals surface area (Å²) in [7, 11) is 1.52. The van der Waals surface area contributed by atoms with Gasteiger partial charge in [-0.25, -0.2) is 4.79 Å². The highest BCUT2D eigenvalue weighted by Crippen LogP contribution is 2.34. The molecule has 0 aliphatic carbocycles. The number of hydrogen-bond donors (Lipinski definition) is 2. The largest absolute Gasteiger partial charge is 0.497 e. The summed E-state index contributed by atoms with van der Waals surface area (Å²) >= 11 is 0. The predicted molar refractivity (Wildman–Crippen MR) is 88.3 cm³/mol. The zero-order valence-electron chi connectivity index (χ0n) is 13.2. The summed E-state index contributed by atoms with van der Waals surface area (Å²) in [5.41, 5.74) is 5.78. The van der Waals surface area contributed by atoms with Gasteiger partial charge in [0.1, 0.15) is 11.5 Å². The van der Waals surface area contributed by atoms with Crippen LogP contribution in [0.3, 0.4) is 0 Å². The summed E-state index contributed by atoms with van der Waals surface area (Å²) in [5.74, 6) is 0.138. The van der Waals surface area contributed by atoms with Crippen molar-refractivity contribution in [2.24, 2.45) is 5.73 Å². The molecule has 25 heavy (non-hydrogen) atoms. The smallest absolute Gasteiger partial charge is 0.318 e. The van der Waals surface area contributed by atoms with Gasteiger partial charge in [0, 0.05) is 17.7 Å². The Morgan fingerprint density at radius 1 is 1.20 bits per heavy atom. The third kappa shape index (κ3) is 4.67. The standard InChI is InChI=1S/C16H15N3O6/c1-24-12-5-2-10(3-6-12)13-8-11(19(22)23)4-7-14(13)25-9-15(20)18-16(17)21/h2-8H,9H2,1H3,(H3,17,18,20,21). The number of nitro benzene ring substituents is 1. The average Bonchev–Trinajstić information content (AvgIpc) is 2.59. The Labute approximate surface area is 142 Å². The molecule has 130 valence electrons. The van der Waals surface area contributed by atoms with Crippen molar-refractivity contribution in [1.82, 2.24) is 5.32 Å². The number of primary amides is 1. The first kappa shape index (κ1) is 17.7. The van der Waals surface area contributed by atoms with Crippen LogP contribution in [0, 0.1) is 10.1 Å². The van der Waals surface area contributed by atoms with E-state index >= 15 is 0 Å². The number of nitro groups is 1. The molecule has 0 aliphatic heterocycles. The van der Waals surface area contributed by atoms with Crippen molar-refractivity contribution in [3.05, 3.63) is 52.6 Å². The van der Waals surface area contributed by atoms with E-state index in [0.29, 0.717) is 16.9 Å². The maximum Gasteiger partial charge on any atom is 0.318 e. The first-order chi connectivity index (χ1) is 11.9. The molecule has 0 heterocycles. The minimum atomic E-state index is -0.993. The van der Waals surface area contributed by atoms with E-state index in [0.717, 1.165) is 0 Å². The summed E-state index contributed by atoms with van der Waals surface area (Å²) in [6, 6.07) is 9.78. The van der Waals surface area contributed by atoms with Gasteiger partial charge in [-0.2, -0.15) is 0 Å². The molecule has 0 fully saturated rings. The van der Waals surface area contributed by atoms with Crippen LogP contribution in [0.15, 0.2) is 42.5 Å². The first-order valence-corrected chi connectivity index (χ1v) is 7.05. The Balaban J connectivity index is 2.33. The summed E-state index contributed by atoms with van der Waals surface area (Å²) in [6.45, 7) is -0.468. The summed E-state index contributed by atoms with van der Waals surface area (Å²) in [6.07, 6.45) is 0. The highest BCUT2D eigenvalue weighted by atomic mass is 16.6. The third-order valence-electron chi connectivity index (χ3n) is 3.20. The maximum atomic E-state index is 11.5. The lowest BCUT2D eigenvalue weighted by Gasteiger charge is -2.12. The number of non-ortho nitro benzene ring substituents is 1. The van der Waals surface area contributed by atoms with E-state index < -0.39 is 23.5 Å². The molecule has 3 N–H and O–H groups in total. The van der Waals surface area contributed by atoms with Crippen LogP contribution in [0.1, 0.15) is 0 Å². The number of nitrogens with zero attached hydrogens (tertiary/aromatic N) is 1. The van der Waals surface area contributed by atoms with Crippen molar-refractivity contribution >= 4 is 17.6 Å². The Kier molecular flexibility index (Phi) is 5.51. The summed E-state index contributed by atoms with van der Waals surface area (Å²) < 4.78 is 10.4. The molecule has 0 unspecified atom stereocenters. The first-order valence-electron chi connectivity index (χ1n) is 7.05. The number of hydrogen-bond acceptors (Lipinski definition) is 6. The highest BCUT2D eigenvalue weighted by Gasteiger charge is 2.15. The van der Waals surface area contributed by atoms with Gasteiger partial charge < -0.3 is 15.2 Å². The molecule has 9 nitrogen and oxygen atoms in total. The molecular weight excluding hydrogens is 330 g/mol. The normalized spacial score (nSPS) is 9.96. The number of imide groups is 1. The second-order valence-corrected chi connectivity index (χ2v) is 4.87. The quantitative estimate of drug-likeness (QED) is 0.606. The van der Waals surface area contributed by atoms with Gasteiger partial charge in [-0.05, 0) is 23.8 Å². The molecule has 0 aromatic heterocycles. The topological polar surface area (TPSA) is 134 Å². The van der Waals surface area contributed by atoms with E-state index in [1.54, 1.807) is 24.3 Å². The van der Waals surface area contributed by atoms with Crippen LogP contribution < -0.4 is 20.5 Å². The van der Waals surface area contributed by atoms with Crippen molar-refractivity contribution in [3.63, 3.8) is 0 Å². The zero-order valence-corrected chi connectivity index (χ0v) is 13.2. The lowest BCUT2D eigenvalue weighted by atomic mass is 10.0. The zero-order chi connectivity index (χ0) is 18.4. The number of methoxy groups -OCH3 is 1. The second-order valence-electron chi connectivity index (χ2n) is 4.87. The van der Waals surface area contributed by atoms with Crippen LogP contribution in [0.25, 0.3) is 11.1 Å². The molecule has 2 aromatic carbocycles. The third-order valence-corrected chi connectivity index (χ3v) is 3.20.